The van der Waals surface area contributed by atoms with Crippen molar-refractivity contribution >= 4 is 23.6 Å². The maximum Gasteiger partial charge on any atom is 0.441 e. The molecule has 1 saturated carbocycles. The zero-order valence-corrected chi connectivity index (χ0v) is 11.9. The van der Waals surface area contributed by atoms with Crippen molar-refractivity contribution in [2.45, 2.75) is 43.8 Å². The van der Waals surface area contributed by atoms with Crippen LogP contribution in [0.5, 0.6) is 0 Å². The predicted octanol–water partition coefficient (Wildman–Crippen LogP) is 1.76. The second-order valence-corrected chi connectivity index (χ2v) is 6.42. The highest BCUT2D eigenvalue weighted by Gasteiger charge is 2.42. The Bertz CT molecular complexity index is 399. The summed E-state index contributed by atoms with van der Waals surface area (Å²) in [6, 6.07) is -0.913. The number of amides is 2. The Morgan fingerprint density at radius 2 is 2.00 bits per heavy atom. The van der Waals surface area contributed by atoms with E-state index in [0.29, 0.717) is 0 Å². The van der Waals surface area contributed by atoms with E-state index in [1.165, 1.54) is 4.90 Å². The van der Waals surface area contributed by atoms with Gasteiger partial charge in [0.1, 0.15) is 6.04 Å². The van der Waals surface area contributed by atoms with Crippen LogP contribution >= 0.6 is 11.8 Å². The summed E-state index contributed by atoms with van der Waals surface area (Å²) in [7, 11) is 0. The van der Waals surface area contributed by atoms with Gasteiger partial charge in [0.15, 0.2) is 0 Å². The SMILES string of the molecule is CC1CC(=O)NC(C2CC2)C(=O)N1CCSC(F)(F)F. The van der Waals surface area contributed by atoms with Crippen LogP contribution in [0.1, 0.15) is 26.2 Å². The highest BCUT2D eigenvalue weighted by atomic mass is 32.2. The molecule has 1 saturated heterocycles. The van der Waals surface area contributed by atoms with Crippen LogP contribution in [0.3, 0.4) is 0 Å². The van der Waals surface area contributed by atoms with Gasteiger partial charge in [0.05, 0.1) is 0 Å². The molecule has 1 heterocycles. The largest absolute Gasteiger partial charge is 0.441 e. The summed E-state index contributed by atoms with van der Waals surface area (Å²) in [6.07, 6.45) is 1.91. The standard InChI is InChI=1S/C12H17F3N2O2S/c1-7-6-9(18)16-10(8-2-3-8)11(19)17(7)4-5-20-12(13,14)15/h7-8,10H,2-6H2,1H3,(H,16,18). The smallest absolute Gasteiger partial charge is 0.344 e. The third-order valence-corrected chi connectivity index (χ3v) is 4.28. The maximum absolute atomic E-state index is 12.4. The number of carbonyl (C=O) groups excluding carboxylic acids is 2. The highest BCUT2D eigenvalue weighted by molar-refractivity contribution is 8.00. The van der Waals surface area contributed by atoms with E-state index in [-0.39, 0.29) is 54.3 Å². The van der Waals surface area contributed by atoms with Crippen LogP contribution in [0.4, 0.5) is 13.2 Å². The Morgan fingerprint density at radius 1 is 1.35 bits per heavy atom. The lowest BCUT2D eigenvalue weighted by Crippen LogP contribution is -2.48. The van der Waals surface area contributed by atoms with Gasteiger partial charge in [0.25, 0.3) is 0 Å². The Balaban J connectivity index is 1.99. The van der Waals surface area contributed by atoms with E-state index in [4.69, 9.17) is 0 Å². The average molecular weight is 310 g/mol. The number of carbonyl (C=O) groups is 2. The van der Waals surface area contributed by atoms with Gasteiger partial charge in [0, 0.05) is 24.8 Å². The van der Waals surface area contributed by atoms with Gasteiger partial charge >= 0.3 is 5.51 Å². The molecule has 8 heteroatoms. The Labute approximate surface area is 119 Å². The molecule has 2 fully saturated rings. The molecule has 4 nitrogen and oxygen atoms in total. The minimum atomic E-state index is -4.29. The molecule has 114 valence electrons. The number of thioether (sulfide) groups is 1. The van der Waals surface area contributed by atoms with Gasteiger partial charge in [-0.1, -0.05) is 0 Å². The van der Waals surface area contributed by atoms with E-state index in [0.717, 1.165) is 12.8 Å². The first-order chi connectivity index (χ1) is 9.28. The van der Waals surface area contributed by atoms with E-state index in [9.17, 15) is 22.8 Å². The number of rotatable bonds is 4. The summed E-state index contributed by atoms with van der Waals surface area (Å²) in [5.74, 6) is -0.498. The molecule has 0 radical (unpaired) electrons. The van der Waals surface area contributed by atoms with E-state index in [2.05, 4.69) is 5.32 Å². The second-order valence-electron chi connectivity index (χ2n) is 5.26. The van der Waals surface area contributed by atoms with Crippen molar-refractivity contribution in [3.63, 3.8) is 0 Å². The predicted molar refractivity (Wildman–Crippen MR) is 69.0 cm³/mol. The lowest BCUT2D eigenvalue weighted by Gasteiger charge is -2.28. The van der Waals surface area contributed by atoms with Crippen molar-refractivity contribution in [2.75, 3.05) is 12.3 Å². The molecule has 20 heavy (non-hydrogen) atoms. The quantitative estimate of drug-likeness (QED) is 0.861. The zero-order chi connectivity index (χ0) is 14.9. The molecule has 1 aliphatic carbocycles. The molecule has 0 aromatic heterocycles. The first kappa shape index (κ1) is 15.5. The number of hydrogen-bond acceptors (Lipinski definition) is 3. The number of nitrogens with zero attached hydrogens (tertiary/aromatic N) is 1. The monoisotopic (exact) mass is 310 g/mol. The van der Waals surface area contributed by atoms with Crippen molar-refractivity contribution in [1.29, 1.82) is 0 Å². The molecule has 2 amide bonds. The maximum atomic E-state index is 12.4. The Morgan fingerprint density at radius 3 is 2.55 bits per heavy atom. The van der Waals surface area contributed by atoms with Crippen LogP contribution < -0.4 is 5.32 Å². The molecule has 0 spiro atoms. The van der Waals surface area contributed by atoms with Gasteiger partial charge in [-0.15, -0.1) is 0 Å². The molecule has 1 aliphatic heterocycles. The fraction of sp³-hybridized carbons (Fsp3) is 0.833. The first-order valence-electron chi connectivity index (χ1n) is 6.58. The molecule has 0 aromatic carbocycles. The van der Waals surface area contributed by atoms with E-state index >= 15 is 0 Å². The molecular weight excluding hydrogens is 293 g/mol. The summed E-state index contributed by atoms with van der Waals surface area (Å²) in [5.41, 5.74) is -4.29. The number of hydrogen-bond donors (Lipinski definition) is 1. The summed E-state index contributed by atoms with van der Waals surface area (Å²) >= 11 is -0.135. The van der Waals surface area contributed by atoms with Crippen molar-refractivity contribution in [2.24, 2.45) is 5.92 Å². The molecule has 0 aromatic rings. The van der Waals surface area contributed by atoms with Gasteiger partial charge in [-0.3, -0.25) is 9.59 Å². The molecular formula is C12H17F3N2O2S. The average Bonchev–Trinajstić information content (AvgIpc) is 3.12. The molecule has 1 N–H and O–H groups in total. The van der Waals surface area contributed by atoms with E-state index in [1.54, 1.807) is 6.92 Å². The van der Waals surface area contributed by atoms with Crippen molar-refractivity contribution < 1.29 is 22.8 Å². The normalized spacial score (nSPS) is 28.3. The molecule has 2 rings (SSSR count). The Hall–Kier alpha value is -0.920. The van der Waals surface area contributed by atoms with Gasteiger partial charge < -0.3 is 10.2 Å². The van der Waals surface area contributed by atoms with Crippen LogP contribution in [0, 0.1) is 5.92 Å². The molecule has 2 aliphatic rings. The van der Waals surface area contributed by atoms with Crippen LogP contribution in [0.15, 0.2) is 0 Å². The number of nitrogens with one attached hydrogen (secondary N) is 1. The number of alkyl halides is 3. The van der Waals surface area contributed by atoms with E-state index in [1.807, 2.05) is 0 Å². The summed E-state index contributed by atoms with van der Waals surface area (Å²) in [6.45, 7) is 1.72. The third kappa shape index (κ3) is 4.04. The van der Waals surface area contributed by atoms with E-state index < -0.39 is 11.6 Å². The third-order valence-electron chi connectivity index (χ3n) is 3.57. The van der Waals surface area contributed by atoms with Crippen LogP contribution in [0.25, 0.3) is 0 Å². The first-order valence-corrected chi connectivity index (χ1v) is 7.57. The van der Waals surface area contributed by atoms with Crippen LogP contribution in [-0.2, 0) is 9.59 Å². The fourth-order valence-corrected chi connectivity index (χ4v) is 2.93. The van der Waals surface area contributed by atoms with Crippen molar-refractivity contribution in [3.8, 4) is 0 Å². The minimum absolute atomic E-state index is 0.0162. The summed E-state index contributed by atoms with van der Waals surface area (Å²) < 4.78 is 36.5. The van der Waals surface area contributed by atoms with Crippen molar-refractivity contribution in [3.05, 3.63) is 0 Å². The number of halogens is 3. The van der Waals surface area contributed by atoms with Crippen LogP contribution in [0.2, 0.25) is 0 Å². The highest BCUT2D eigenvalue weighted by Crippen LogP contribution is 2.35. The lowest BCUT2D eigenvalue weighted by molar-refractivity contribution is -0.135. The van der Waals surface area contributed by atoms with Gasteiger partial charge in [-0.25, -0.2) is 0 Å². The van der Waals surface area contributed by atoms with Crippen LogP contribution in [-0.4, -0.2) is 46.6 Å². The second kappa shape index (κ2) is 5.83. The molecule has 2 unspecified atom stereocenters. The van der Waals surface area contributed by atoms with Gasteiger partial charge in [-0.2, -0.15) is 13.2 Å². The molecule has 2 atom stereocenters. The summed E-state index contributed by atoms with van der Waals surface area (Å²) in [4.78, 5) is 25.5. The lowest BCUT2D eigenvalue weighted by atomic mass is 10.1. The van der Waals surface area contributed by atoms with Gasteiger partial charge in [-0.05, 0) is 37.4 Å². The fourth-order valence-electron chi connectivity index (χ4n) is 2.41. The minimum Gasteiger partial charge on any atom is -0.344 e. The molecule has 0 bridgehead atoms. The Kier molecular flexibility index (Phi) is 4.51. The van der Waals surface area contributed by atoms with Crippen molar-refractivity contribution in [1.82, 2.24) is 10.2 Å². The van der Waals surface area contributed by atoms with Gasteiger partial charge in [0.2, 0.25) is 11.8 Å². The summed E-state index contributed by atoms with van der Waals surface area (Å²) in [5, 5.41) is 2.70. The topological polar surface area (TPSA) is 49.4 Å². The zero-order valence-electron chi connectivity index (χ0n) is 11.1.